The van der Waals surface area contributed by atoms with E-state index in [4.69, 9.17) is 4.74 Å². The van der Waals surface area contributed by atoms with Crippen molar-refractivity contribution in [2.24, 2.45) is 5.92 Å². The number of nitrogens with one attached hydrogen (secondary N) is 1. The summed E-state index contributed by atoms with van der Waals surface area (Å²) in [6.07, 6.45) is 4.08. The quantitative estimate of drug-likeness (QED) is 0.909. The van der Waals surface area contributed by atoms with E-state index in [1.165, 1.54) is 6.42 Å². The van der Waals surface area contributed by atoms with Crippen LogP contribution in [-0.2, 0) is 11.3 Å². The van der Waals surface area contributed by atoms with Gasteiger partial charge in [0.05, 0.1) is 19.8 Å². The molecule has 2 fully saturated rings. The standard InChI is InChI=1S/C15H24N4O2S/c20-15(17-10-14-16-3-9-22-14)19-4-1-2-13(12-19)11-18-5-7-21-8-6-18/h3,9,13H,1-2,4-8,10-12H2,(H,17,20)/t13-/m1/s1. The third-order valence-corrected chi connectivity index (χ3v) is 5.08. The van der Waals surface area contributed by atoms with Gasteiger partial charge in [0, 0.05) is 44.3 Å². The van der Waals surface area contributed by atoms with Gasteiger partial charge < -0.3 is 15.0 Å². The largest absolute Gasteiger partial charge is 0.379 e. The Hall–Kier alpha value is -1.18. The topological polar surface area (TPSA) is 57.7 Å². The van der Waals surface area contributed by atoms with E-state index in [-0.39, 0.29) is 6.03 Å². The van der Waals surface area contributed by atoms with Crippen LogP contribution in [0.5, 0.6) is 0 Å². The third-order valence-electron chi connectivity index (χ3n) is 4.30. The number of rotatable bonds is 4. The van der Waals surface area contributed by atoms with Crippen LogP contribution in [0.2, 0.25) is 0 Å². The fraction of sp³-hybridized carbons (Fsp3) is 0.733. The molecule has 7 heteroatoms. The van der Waals surface area contributed by atoms with Gasteiger partial charge in [-0.05, 0) is 18.8 Å². The molecular weight excluding hydrogens is 300 g/mol. The lowest BCUT2D eigenvalue weighted by molar-refractivity contribution is 0.0249. The van der Waals surface area contributed by atoms with Crippen molar-refractivity contribution >= 4 is 17.4 Å². The summed E-state index contributed by atoms with van der Waals surface area (Å²) >= 11 is 1.57. The highest BCUT2D eigenvalue weighted by molar-refractivity contribution is 7.09. The molecule has 2 amide bonds. The molecule has 1 aromatic heterocycles. The lowest BCUT2D eigenvalue weighted by Gasteiger charge is -2.36. The first-order valence-electron chi connectivity index (χ1n) is 8.02. The molecule has 2 aliphatic heterocycles. The number of aromatic nitrogens is 1. The zero-order valence-corrected chi connectivity index (χ0v) is 13.7. The summed E-state index contributed by atoms with van der Waals surface area (Å²) in [6.45, 7) is 7.06. The molecule has 1 atom stereocenters. The lowest BCUT2D eigenvalue weighted by Crippen LogP contribution is -2.48. The minimum Gasteiger partial charge on any atom is -0.379 e. The SMILES string of the molecule is O=C(NCc1nccs1)N1CCC[C@H](CN2CCOCC2)C1. The fourth-order valence-electron chi connectivity index (χ4n) is 3.15. The summed E-state index contributed by atoms with van der Waals surface area (Å²) in [5.74, 6) is 0.581. The summed E-state index contributed by atoms with van der Waals surface area (Å²) < 4.78 is 5.39. The van der Waals surface area contributed by atoms with Crippen LogP contribution >= 0.6 is 11.3 Å². The van der Waals surface area contributed by atoms with E-state index in [0.29, 0.717) is 12.5 Å². The number of thiazole rings is 1. The monoisotopic (exact) mass is 324 g/mol. The number of ether oxygens (including phenoxy) is 1. The first-order valence-corrected chi connectivity index (χ1v) is 8.90. The van der Waals surface area contributed by atoms with Crippen molar-refractivity contribution in [2.75, 3.05) is 45.9 Å². The molecular formula is C15H24N4O2S. The first-order chi connectivity index (χ1) is 10.8. The Morgan fingerprint density at radius 3 is 3.05 bits per heavy atom. The van der Waals surface area contributed by atoms with Gasteiger partial charge >= 0.3 is 6.03 Å². The van der Waals surface area contributed by atoms with Crippen molar-refractivity contribution in [1.82, 2.24) is 20.1 Å². The van der Waals surface area contributed by atoms with Crippen LogP contribution in [0.3, 0.4) is 0 Å². The molecule has 122 valence electrons. The molecule has 0 unspecified atom stereocenters. The smallest absolute Gasteiger partial charge is 0.317 e. The minimum atomic E-state index is 0.0434. The average Bonchev–Trinajstić information content (AvgIpc) is 3.07. The Bertz CT molecular complexity index is 462. The van der Waals surface area contributed by atoms with Crippen LogP contribution in [0, 0.1) is 5.92 Å². The second kappa shape index (κ2) is 7.89. The van der Waals surface area contributed by atoms with Gasteiger partial charge in [-0.25, -0.2) is 9.78 Å². The summed E-state index contributed by atoms with van der Waals surface area (Å²) in [5.41, 5.74) is 0. The van der Waals surface area contributed by atoms with Crippen molar-refractivity contribution in [1.29, 1.82) is 0 Å². The average molecular weight is 324 g/mol. The lowest BCUT2D eigenvalue weighted by atomic mass is 9.97. The predicted molar refractivity (Wildman–Crippen MR) is 85.9 cm³/mol. The highest BCUT2D eigenvalue weighted by atomic mass is 32.1. The molecule has 2 aliphatic rings. The van der Waals surface area contributed by atoms with Crippen molar-refractivity contribution < 1.29 is 9.53 Å². The molecule has 3 heterocycles. The van der Waals surface area contributed by atoms with Gasteiger partial charge in [0.2, 0.25) is 0 Å². The molecule has 0 aliphatic carbocycles. The normalized spacial score (nSPS) is 23.5. The van der Waals surface area contributed by atoms with Gasteiger partial charge in [-0.3, -0.25) is 4.90 Å². The number of amides is 2. The maximum absolute atomic E-state index is 12.3. The molecule has 1 N–H and O–H groups in total. The van der Waals surface area contributed by atoms with E-state index in [0.717, 1.165) is 57.4 Å². The van der Waals surface area contributed by atoms with E-state index in [2.05, 4.69) is 15.2 Å². The zero-order chi connectivity index (χ0) is 15.2. The van der Waals surface area contributed by atoms with Crippen LogP contribution in [0.25, 0.3) is 0 Å². The van der Waals surface area contributed by atoms with Crippen LogP contribution in [0.1, 0.15) is 17.8 Å². The number of hydrogen-bond acceptors (Lipinski definition) is 5. The number of morpholine rings is 1. The minimum absolute atomic E-state index is 0.0434. The van der Waals surface area contributed by atoms with Crippen LogP contribution < -0.4 is 5.32 Å². The Balaban J connectivity index is 1.43. The number of carbonyl (C=O) groups is 1. The number of piperidine rings is 1. The first kappa shape index (κ1) is 15.7. The van der Waals surface area contributed by atoms with Crippen molar-refractivity contribution in [3.63, 3.8) is 0 Å². The van der Waals surface area contributed by atoms with E-state index in [9.17, 15) is 4.79 Å². The Morgan fingerprint density at radius 2 is 2.27 bits per heavy atom. The van der Waals surface area contributed by atoms with Gasteiger partial charge in [-0.15, -0.1) is 11.3 Å². The number of likely N-dealkylation sites (tertiary alicyclic amines) is 1. The van der Waals surface area contributed by atoms with Gasteiger partial charge in [-0.1, -0.05) is 0 Å². The zero-order valence-electron chi connectivity index (χ0n) is 12.9. The third kappa shape index (κ3) is 4.41. The summed E-state index contributed by atoms with van der Waals surface area (Å²) in [4.78, 5) is 20.9. The van der Waals surface area contributed by atoms with E-state index in [1.807, 2.05) is 10.3 Å². The second-order valence-electron chi connectivity index (χ2n) is 5.95. The van der Waals surface area contributed by atoms with Crippen molar-refractivity contribution in [2.45, 2.75) is 19.4 Å². The fourth-order valence-corrected chi connectivity index (χ4v) is 3.71. The second-order valence-corrected chi connectivity index (χ2v) is 6.93. The van der Waals surface area contributed by atoms with Gasteiger partial charge in [0.1, 0.15) is 5.01 Å². The summed E-state index contributed by atoms with van der Waals surface area (Å²) in [6, 6.07) is 0.0434. The molecule has 2 saturated heterocycles. The maximum atomic E-state index is 12.3. The predicted octanol–water partition coefficient (Wildman–Crippen LogP) is 1.40. The number of nitrogens with zero attached hydrogens (tertiary/aromatic N) is 3. The van der Waals surface area contributed by atoms with E-state index in [1.54, 1.807) is 17.5 Å². The molecule has 0 saturated carbocycles. The van der Waals surface area contributed by atoms with Crippen molar-refractivity contribution in [3.8, 4) is 0 Å². The molecule has 22 heavy (non-hydrogen) atoms. The number of hydrogen-bond donors (Lipinski definition) is 1. The molecule has 0 bridgehead atoms. The molecule has 0 spiro atoms. The van der Waals surface area contributed by atoms with E-state index >= 15 is 0 Å². The Morgan fingerprint density at radius 1 is 1.41 bits per heavy atom. The molecule has 1 aromatic rings. The number of urea groups is 1. The van der Waals surface area contributed by atoms with Gasteiger partial charge in [-0.2, -0.15) is 0 Å². The van der Waals surface area contributed by atoms with E-state index < -0.39 is 0 Å². The summed E-state index contributed by atoms with van der Waals surface area (Å²) in [5, 5.41) is 5.87. The number of carbonyl (C=O) groups excluding carboxylic acids is 1. The summed E-state index contributed by atoms with van der Waals surface area (Å²) in [7, 11) is 0. The highest BCUT2D eigenvalue weighted by Crippen LogP contribution is 2.18. The highest BCUT2D eigenvalue weighted by Gasteiger charge is 2.25. The van der Waals surface area contributed by atoms with Gasteiger partial charge in [0.15, 0.2) is 0 Å². The van der Waals surface area contributed by atoms with Crippen molar-refractivity contribution in [3.05, 3.63) is 16.6 Å². The Kier molecular flexibility index (Phi) is 5.64. The maximum Gasteiger partial charge on any atom is 0.317 e. The van der Waals surface area contributed by atoms with Gasteiger partial charge in [0.25, 0.3) is 0 Å². The van der Waals surface area contributed by atoms with Crippen LogP contribution in [0.15, 0.2) is 11.6 Å². The van der Waals surface area contributed by atoms with Crippen LogP contribution in [-0.4, -0.2) is 66.8 Å². The molecule has 0 radical (unpaired) electrons. The Labute approximate surface area is 135 Å². The molecule has 3 rings (SSSR count). The van der Waals surface area contributed by atoms with Crippen LogP contribution in [0.4, 0.5) is 4.79 Å². The molecule has 0 aromatic carbocycles. The molecule has 6 nitrogen and oxygen atoms in total.